The summed E-state index contributed by atoms with van der Waals surface area (Å²) in [6, 6.07) is 13.5. The van der Waals surface area contributed by atoms with Gasteiger partial charge < -0.3 is 9.47 Å². The van der Waals surface area contributed by atoms with Gasteiger partial charge in [0.2, 0.25) is 0 Å². The summed E-state index contributed by atoms with van der Waals surface area (Å²) in [4.78, 5) is 12.2. The van der Waals surface area contributed by atoms with Crippen LogP contribution in [0.5, 0.6) is 11.5 Å². The van der Waals surface area contributed by atoms with Crippen LogP contribution in [0.1, 0.15) is 43.4 Å². The number of amides is 1. The Morgan fingerprint density at radius 1 is 1.15 bits per heavy atom. The Labute approximate surface area is 155 Å². The molecule has 0 fully saturated rings. The summed E-state index contributed by atoms with van der Waals surface area (Å²) in [6.07, 6.45) is 0.913. The van der Waals surface area contributed by atoms with Crippen molar-refractivity contribution in [3.05, 3.63) is 59.2 Å². The van der Waals surface area contributed by atoms with Gasteiger partial charge in [-0.1, -0.05) is 38.1 Å². The zero-order chi connectivity index (χ0) is 19.1. The van der Waals surface area contributed by atoms with Gasteiger partial charge in [0.1, 0.15) is 11.5 Å². The van der Waals surface area contributed by atoms with E-state index in [0.717, 1.165) is 22.6 Å². The maximum atomic E-state index is 12.2. The van der Waals surface area contributed by atoms with Gasteiger partial charge in [-0.2, -0.15) is 5.10 Å². The first kappa shape index (κ1) is 19.5. The van der Waals surface area contributed by atoms with Crippen molar-refractivity contribution in [2.24, 2.45) is 5.10 Å². The van der Waals surface area contributed by atoms with Gasteiger partial charge in [0, 0.05) is 0 Å². The van der Waals surface area contributed by atoms with Crippen molar-refractivity contribution in [3.8, 4) is 11.5 Å². The fourth-order valence-electron chi connectivity index (χ4n) is 2.33. The lowest BCUT2D eigenvalue weighted by molar-refractivity contribution is -0.127. The van der Waals surface area contributed by atoms with Crippen LogP contribution >= 0.6 is 0 Å². The Hall–Kier alpha value is -2.82. The van der Waals surface area contributed by atoms with Crippen LogP contribution in [-0.2, 0) is 4.79 Å². The zero-order valence-electron chi connectivity index (χ0n) is 15.9. The fraction of sp³-hybridized carbons (Fsp3) is 0.333. The molecule has 0 aromatic heterocycles. The van der Waals surface area contributed by atoms with Crippen LogP contribution in [0.15, 0.2) is 47.6 Å². The van der Waals surface area contributed by atoms with Crippen LogP contribution in [0, 0.1) is 6.92 Å². The van der Waals surface area contributed by atoms with Gasteiger partial charge in [-0.05, 0) is 54.7 Å². The Bertz CT molecular complexity index is 785. The van der Waals surface area contributed by atoms with Crippen molar-refractivity contribution in [2.75, 3.05) is 7.11 Å². The molecule has 2 aromatic rings. The number of carbonyl (C=O) groups is 1. The molecule has 2 aromatic carbocycles. The van der Waals surface area contributed by atoms with Crippen LogP contribution in [0.3, 0.4) is 0 Å². The molecule has 0 radical (unpaired) electrons. The first-order valence-electron chi connectivity index (χ1n) is 8.65. The van der Waals surface area contributed by atoms with Gasteiger partial charge in [-0.15, -0.1) is 0 Å². The Morgan fingerprint density at radius 2 is 1.92 bits per heavy atom. The smallest absolute Gasteiger partial charge is 0.280 e. The van der Waals surface area contributed by atoms with Crippen LogP contribution in [0.2, 0.25) is 0 Å². The molecular formula is C21H26N2O3. The third kappa shape index (κ3) is 5.34. The van der Waals surface area contributed by atoms with E-state index >= 15 is 0 Å². The summed E-state index contributed by atoms with van der Waals surface area (Å²) in [6.45, 7) is 7.92. The van der Waals surface area contributed by atoms with Gasteiger partial charge in [-0.3, -0.25) is 4.79 Å². The zero-order valence-corrected chi connectivity index (χ0v) is 15.9. The van der Waals surface area contributed by atoms with E-state index < -0.39 is 6.10 Å². The highest BCUT2D eigenvalue weighted by Gasteiger charge is 2.15. The molecule has 1 amide bonds. The summed E-state index contributed by atoms with van der Waals surface area (Å²) >= 11 is 0. The molecule has 0 unspecified atom stereocenters. The molecule has 1 N–H and O–H groups in total. The molecule has 0 bridgehead atoms. The van der Waals surface area contributed by atoms with Crippen molar-refractivity contribution >= 4 is 12.1 Å². The number of carbonyl (C=O) groups excluding carboxylic acids is 1. The minimum Gasteiger partial charge on any atom is -0.497 e. The number of benzene rings is 2. The van der Waals surface area contributed by atoms with E-state index in [9.17, 15) is 4.79 Å². The first-order chi connectivity index (χ1) is 12.4. The third-order valence-corrected chi connectivity index (χ3v) is 4.03. The highest BCUT2D eigenvalue weighted by atomic mass is 16.5. The molecule has 0 aliphatic heterocycles. The number of rotatable bonds is 7. The predicted octanol–water partition coefficient (Wildman–Crippen LogP) is 4.04. The molecular weight excluding hydrogens is 328 g/mol. The molecule has 5 heteroatoms. The molecule has 0 aliphatic carbocycles. The standard InChI is InChI=1S/C21H26N2O3/c1-14(2)18-10-9-15(3)20(12-18)26-16(4)21(24)23-22-13-17-7-6-8-19(11-17)25-5/h6-14,16H,1-5H3,(H,23,24)/t16-/m0/s1. The largest absolute Gasteiger partial charge is 0.497 e. The summed E-state index contributed by atoms with van der Waals surface area (Å²) < 4.78 is 11.0. The molecule has 2 rings (SSSR count). The summed E-state index contributed by atoms with van der Waals surface area (Å²) in [5.74, 6) is 1.54. The van der Waals surface area contributed by atoms with Crippen LogP contribution in [-0.4, -0.2) is 25.3 Å². The second-order valence-corrected chi connectivity index (χ2v) is 6.45. The van der Waals surface area contributed by atoms with Gasteiger partial charge in [0.15, 0.2) is 6.10 Å². The van der Waals surface area contributed by atoms with Gasteiger partial charge >= 0.3 is 0 Å². The molecule has 0 saturated carbocycles. The second kappa shape index (κ2) is 9.04. The lowest BCUT2D eigenvalue weighted by Crippen LogP contribution is -2.33. The maximum Gasteiger partial charge on any atom is 0.280 e. The number of hydrogen-bond donors (Lipinski definition) is 1. The van der Waals surface area contributed by atoms with Crippen molar-refractivity contribution in [1.29, 1.82) is 0 Å². The molecule has 0 saturated heterocycles. The average Bonchev–Trinajstić information content (AvgIpc) is 2.63. The Morgan fingerprint density at radius 3 is 2.62 bits per heavy atom. The Balaban J connectivity index is 1.97. The molecule has 0 spiro atoms. The average molecular weight is 354 g/mol. The molecule has 1 atom stereocenters. The number of nitrogens with zero attached hydrogens (tertiary/aromatic N) is 1. The molecule has 5 nitrogen and oxygen atoms in total. The lowest BCUT2D eigenvalue weighted by atomic mass is 10.0. The van der Waals surface area contributed by atoms with Crippen molar-refractivity contribution in [3.63, 3.8) is 0 Å². The van der Waals surface area contributed by atoms with Crippen LogP contribution in [0.25, 0.3) is 0 Å². The summed E-state index contributed by atoms with van der Waals surface area (Å²) in [5, 5.41) is 3.99. The SMILES string of the molecule is COc1cccc(C=NNC(=O)[C@H](C)Oc2cc(C(C)C)ccc2C)c1. The van der Waals surface area contributed by atoms with E-state index in [4.69, 9.17) is 9.47 Å². The third-order valence-electron chi connectivity index (χ3n) is 4.03. The highest BCUT2D eigenvalue weighted by molar-refractivity contribution is 5.84. The summed E-state index contributed by atoms with van der Waals surface area (Å²) in [7, 11) is 1.60. The maximum absolute atomic E-state index is 12.2. The van der Waals surface area contributed by atoms with E-state index in [0.29, 0.717) is 5.92 Å². The van der Waals surface area contributed by atoms with E-state index in [2.05, 4.69) is 30.4 Å². The second-order valence-electron chi connectivity index (χ2n) is 6.45. The first-order valence-corrected chi connectivity index (χ1v) is 8.65. The van der Waals surface area contributed by atoms with E-state index in [1.165, 1.54) is 5.56 Å². The summed E-state index contributed by atoms with van der Waals surface area (Å²) in [5.41, 5.74) is 5.51. The van der Waals surface area contributed by atoms with Gasteiger partial charge in [-0.25, -0.2) is 5.43 Å². The van der Waals surface area contributed by atoms with E-state index in [1.54, 1.807) is 20.2 Å². The van der Waals surface area contributed by atoms with Crippen LogP contribution in [0.4, 0.5) is 0 Å². The molecule has 138 valence electrons. The lowest BCUT2D eigenvalue weighted by Gasteiger charge is -2.16. The quantitative estimate of drug-likeness (QED) is 0.603. The topological polar surface area (TPSA) is 59.9 Å². The Kier molecular flexibility index (Phi) is 6.78. The monoisotopic (exact) mass is 354 g/mol. The van der Waals surface area contributed by atoms with Gasteiger partial charge in [0.05, 0.1) is 13.3 Å². The van der Waals surface area contributed by atoms with Crippen molar-refractivity contribution in [1.82, 2.24) is 5.43 Å². The minimum absolute atomic E-state index is 0.307. The number of hydrogen-bond acceptors (Lipinski definition) is 4. The molecule has 0 aliphatic rings. The fourth-order valence-corrected chi connectivity index (χ4v) is 2.33. The van der Waals surface area contributed by atoms with Gasteiger partial charge in [0.25, 0.3) is 5.91 Å². The molecule has 0 heterocycles. The molecule has 26 heavy (non-hydrogen) atoms. The predicted molar refractivity (Wildman–Crippen MR) is 104 cm³/mol. The number of nitrogens with one attached hydrogen (secondary N) is 1. The van der Waals surface area contributed by atoms with Crippen LogP contribution < -0.4 is 14.9 Å². The van der Waals surface area contributed by atoms with E-state index in [1.807, 2.05) is 43.3 Å². The number of aryl methyl sites for hydroxylation is 1. The van der Waals surface area contributed by atoms with E-state index in [-0.39, 0.29) is 5.91 Å². The van der Waals surface area contributed by atoms with Crippen molar-refractivity contribution in [2.45, 2.75) is 39.7 Å². The number of methoxy groups -OCH3 is 1. The van der Waals surface area contributed by atoms with Crippen molar-refractivity contribution < 1.29 is 14.3 Å². The number of hydrazone groups is 1. The normalized spacial score (nSPS) is 12.2. The number of ether oxygens (including phenoxy) is 2. The minimum atomic E-state index is -0.654. The highest BCUT2D eigenvalue weighted by Crippen LogP contribution is 2.25.